The molecule has 3 heteroatoms. The van der Waals surface area contributed by atoms with Crippen LogP contribution in [0, 0.1) is 5.92 Å². The summed E-state index contributed by atoms with van der Waals surface area (Å²) in [4.78, 5) is 2.51. The van der Waals surface area contributed by atoms with Crippen molar-refractivity contribution in [2.45, 2.75) is 52.1 Å². The first kappa shape index (κ1) is 12.4. The van der Waals surface area contributed by atoms with Gasteiger partial charge in [-0.15, -0.1) is 9.24 Å². The lowest BCUT2D eigenvalue weighted by Gasteiger charge is -2.39. The van der Waals surface area contributed by atoms with Gasteiger partial charge in [0, 0.05) is 19.1 Å². The van der Waals surface area contributed by atoms with E-state index in [1.165, 1.54) is 6.42 Å². The quantitative estimate of drug-likeness (QED) is 0.673. The molecule has 3 unspecified atom stereocenters. The largest absolute Gasteiger partial charge is 0.368 e. The summed E-state index contributed by atoms with van der Waals surface area (Å²) in [5.74, 6) is 1.04. The maximum absolute atomic E-state index is 5.90. The lowest BCUT2D eigenvalue weighted by atomic mass is 10.0. The maximum atomic E-state index is 5.90. The van der Waals surface area contributed by atoms with Gasteiger partial charge in [0.05, 0.1) is 11.9 Å². The zero-order chi connectivity index (χ0) is 10.7. The molecule has 2 nitrogen and oxygen atoms in total. The van der Waals surface area contributed by atoms with Gasteiger partial charge in [-0.1, -0.05) is 13.8 Å². The molecular weight excluding hydrogens is 193 g/mol. The Labute approximate surface area is 90.6 Å². The fraction of sp³-hybridized carbons (Fsp3) is 1.00. The van der Waals surface area contributed by atoms with Crippen LogP contribution in [0.25, 0.3) is 0 Å². The van der Waals surface area contributed by atoms with Gasteiger partial charge in [-0.25, -0.2) is 0 Å². The van der Waals surface area contributed by atoms with Crippen molar-refractivity contribution in [1.82, 2.24) is 4.90 Å². The van der Waals surface area contributed by atoms with Crippen LogP contribution < -0.4 is 0 Å². The van der Waals surface area contributed by atoms with E-state index in [9.17, 15) is 0 Å². The molecule has 1 aliphatic heterocycles. The van der Waals surface area contributed by atoms with Crippen molar-refractivity contribution in [3.05, 3.63) is 0 Å². The van der Waals surface area contributed by atoms with Crippen LogP contribution in [0.15, 0.2) is 0 Å². The lowest BCUT2D eigenvalue weighted by Crippen LogP contribution is -2.48. The summed E-state index contributed by atoms with van der Waals surface area (Å²) < 4.78 is 5.90. The maximum Gasteiger partial charge on any atom is 0.0839 e. The minimum absolute atomic E-state index is 0.315. The highest BCUT2D eigenvalue weighted by molar-refractivity contribution is 7.17. The van der Waals surface area contributed by atoms with Crippen LogP contribution in [0.1, 0.15) is 34.1 Å². The summed E-state index contributed by atoms with van der Waals surface area (Å²) in [6, 6.07) is 0.636. The van der Waals surface area contributed by atoms with E-state index in [0.717, 1.165) is 19.0 Å². The number of nitrogens with zero attached hydrogens (tertiary/aromatic N) is 1. The van der Waals surface area contributed by atoms with Gasteiger partial charge in [0.25, 0.3) is 0 Å². The van der Waals surface area contributed by atoms with E-state index in [1.807, 2.05) is 0 Å². The molecule has 0 aliphatic carbocycles. The summed E-state index contributed by atoms with van der Waals surface area (Å²) in [6.45, 7) is 11.2. The van der Waals surface area contributed by atoms with Crippen LogP contribution in [0.2, 0.25) is 0 Å². The smallest absolute Gasteiger partial charge is 0.0839 e. The first-order chi connectivity index (χ1) is 6.49. The minimum atomic E-state index is 0.315. The Morgan fingerprint density at radius 3 is 2.43 bits per heavy atom. The molecule has 0 saturated carbocycles. The normalized spacial score (nSPS) is 30.2. The number of hydrogen-bond donors (Lipinski definition) is 0. The molecule has 3 atom stereocenters. The van der Waals surface area contributed by atoms with Gasteiger partial charge in [-0.2, -0.15) is 0 Å². The highest BCUT2D eigenvalue weighted by Crippen LogP contribution is 2.21. The fourth-order valence-corrected chi connectivity index (χ4v) is 2.47. The average molecular weight is 217 g/mol. The predicted molar refractivity (Wildman–Crippen MR) is 64.5 cm³/mol. The Balaban J connectivity index is 2.45. The van der Waals surface area contributed by atoms with E-state index in [1.54, 1.807) is 0 Å². The Kier molecular flexibility index (Phi) is 4.82. The van der Waals surface area contributed by atoms with E-state index < -0.39 is 0 Å². The summed E-state index contributed by atoms with van der Waals surface area (Å²) in [5.41, 5.74) is 0. The van der Waals surface area contributed by atoms with E-state index in [4.69, 9.17) is 4.74 Å². The second-order valence-corrected chi connectivity index (χ2v) is 5.72. The highest BCUT2D eigenvalue weighted by atomic mass is 31.0. The van der Waals surface area contributed by atoms with Crippen molar-refractivity contribution in [2.75, 3.05) is 13.1 Å². The molecular formula is C11H24NOP. The molecule has 0 spiro atoms. The van der Waals surface area contributed by atoms with E-state index in [0.29, 0.717) is 18.0 Å². The molecule has 0 amide bonds. The van der Waals surface area contributed by atoms with Crippen LogP contribution in [-0.2, 0) is 4.74 Å². The van der Waals surface area contributed by atoms with Gasteiger partial charge in [-0.05, 0) is 26.2 Å². The number of morpholine rings is 1. The molecule has 1 aliphatic rings. The second-order valence-electron chi connectivity index (χ2n) is 4.97. The van der Waals surface area contributed by atoms with Crippen LogP contribution in [0.4, 0.5) is 0 Å². The zero-order valence-corrected chi connectivity index (χ0v) is 11.0. The number of rotatable bonds is 3. The van der Waals surface area contributed by atoms with Crippen LogP contribution in [0.5, 0.6) is 0 Å². The van der Waals surface area contributed by atoms with E-state index in [-0.39, 0.29) is 0 Å². The number of ether oxygens (including phenoxy) is 1. The average Bonchev–Trinajstić information content (AvgIpc) is 2.01. The molecule has 0 bridgehead atoms. The van der Waals surface area contributed by atoms with Gasteiger partial charge in [0.2, 0.25) is 0 Å². The Morgan fingerprint density at radius 1 is 1.29 bits per heavy atom. The second kappa shape index (κ2) is 5.44. The first-order valence-corrected chi connectivity index (χ1v) is 6.30. The Bertz CT molecular complexity index is 171. The van der Waals surface area contributed by atoms with Gasteiger partial charge < -0.3 is 4.74 Å². The summed E-state index contributed by atoms with van der Waals surface area (Å²) in [6.07, 6.45) is 1.60. The van der Waals surface area contributed by atoms with Crippen molar-refractivity contribution in [3.63, 3.8) is 0 Å². The first-order valence-electron chi connectivity index (χ1n) is 5.64. The third kappa shape index (κ3) is 3.84. The van der Waals surface area contributed by atoms with Crippen molar-refractivity contribution < 1.29 is 4.74 Å². The Morgan fingerprint density at radius 2 is 1.93 bits per heavy atom. The predicted octanol–water partition coefficient (Wildman–Crippen LogP) is 2.34. The molecule has 1 fully saturated rings. The molecule has 0 aromatic rings. The molecule has 1 saturated heterocycles. The van der Waals surface area contributed by atoms with Crippen molar-refractivity contribution in [1.29, 1.82) is 0 Å². The fourth-order valence-electron chi connectivity index (χ4n) is 1.98. The van der Waals surface area contributed by atoms with Gasteiger partial charge in [-0.3, -0.25) is 4.90 Å². The lowest BCUT2D eigenvalue weighted by molar-refractivity contribution is -0.0631. The van der Waals surface area contributed by atoms with E-state index >= 15 is 0 Å². The topological polar surface area (TPSA) is 12.5 Å². The summed E-state index contributed by atoms with van der Waals surface area (Å²) in [5, 5.41) is 0. The standard InChI is InChI=1S/C11H24NOP/c1-8(2)5-10-6-12(9(3)4)7-11(14)13-10/h8-11H,5-7,14H2,1-4H3. The van der Waals surface area contributed by atoms with Gasteiger partial charge in [0.1, 0.15) is 0 Å². The summed E-state index contributed by atoms with van der Waals surface area (Å²) >= 11 is 0. The number of hydrogen-bond acceptors (Lipinski definition) is 2. The SMILES string of the molecule is CC(C)CC1CN(C(C)C)CC(P)O1. The minimum Gasteiger partial charge on any atom is -0.368 e. The van der Waals surface area contributed by atoms with Crippen molar-refractivity contribution in [2.24, 2.45) is 5.92 Å². The molecule has 84 valence electrons. The monoisotopic (exact) mass is 217 g/mol. The molecule has 0 N–H and O–H groups in total. The molecule has 1 rings (SSSR count). The molecule has 1 heterocycles. The van der Waals surface area contributed by atoms with Crippen LogP contribution in [0.3, 0.4) is 0 Å². The van der Waals surface area contributed by atoms with Crippen LogP contribution in [-0.4, -0.2) is 36.0 Å². The molecule has 14 heavy (non-hydrogen) atoms. The van der Waals surface area contributed by atoms with Gasteiger partial charge >= 0.3 is 0 Å². The Hall–Kier alpha value is 0.350. The molecule has 0 aromatic heterocycles. The van der Waals surface area contributed by atoms with E-state index in [2.05, 4.69) is 41.8 Å². The van der Waals surface area contributed by atoms with Crippen molar-refractivity contribution >= 4 is 9.24 Å². The third-order valence-electron chi connectivity index (χ3n) is 2.68. The third-order valence-corrected chi connectivity index (χ3v) is 3.05. The van der Waals surface area contributed by atoms with Crippen LogP contribution >= 0.6 is 9.24 Å². The molecule has 0 radical (unpaired) electrons. The summed E-state index contributed by atoms with van der Waals surface area (Å²) in [7, 11) is 2.80. The van der Waals surface area contributed by atoms with Gasteiger partial charge in [0.15, 0.2) is 0 Å². The van der Waals surface area contributed by atoms with Crippen molar-refractivity contribution in [3.8, 4) is 0 Å². The zero-order valence-electron chi connectivity index (χ0n) is 9.86. The highest BCUT2D eigenvalue weighted by Gasteiger charge is 2.26. The molecule has 0 aromatic carbocycles.